The molecule has 0 bridgehead atoms. The quantitative estimate of drug-likeness (QED) is 0.586. The lowest BCUT2D eigenvalue weighted by Crippen LogP contribution is -2.50. The van der Waals surface area contributed by atoms with Crippen LogP contribution in [0.4, 0.5) is 9.18 Å². The Bertz CT molecular complexity index is 440. The molecule has 0 aromatic carbocycles. The number of halogens is 1. The van der Waals surface area contributed by atoms with Crippen LogP contribution in [0.5, 0.6) is 0 Å². The van der Waals surface area contributed by atoms with Crippen molar-refractivity contribution >= 4 is 17.8 Å². The molecule has 7 nitrogen and oxygen atoms in total. The van der Waals surface area contributed by atoms with E-state index >= 15 is 0 Å². The van der Waals surface area contributed by atoms with E-state index in [0.717, 1.165) is 0 Å². The SMILES string of the molecule is CC1(C)C(=O)NC(=O)N1CC(=O)NC[C@@H]1C[C@H](F)CN1. The van der Waals surface area contributed by atoms with E-state index in [1.807, 2.05) is 0 Å². The van der Waals surface area contributed by atoms with Crippen molar-refractivity contribution < 1.29 is 18.8 Å². The minimum absolute atomic E-state index is 0.0870. The zero-order chi connectivity index (χ0) is 14.9. The van der Waals surface area contributed by atoms with Gasteiger partial charge in [-0.2, -0.15) is 0 Å². The van der Waals surface area contributed by atoms with E-state index in [4.69, 9.17) is 0 Å². The summed E-state index contributed by atoms with van der Waals surface area (Å²) in [5, 5.41) is 7.77. The Morgan fingerprint density at radius 1 is 1.50 bits per heavy atom. The van der Waals surface area contributed by atoms with Crippen LogP contribution in [0.2, 0.25) is 0 Å². The van der Waals surface area contributed by atoms with Gasteiger partial charge < -0.3 is 15.5 Å². The van der Waals surface area contributed by atoms with Gasteiger partial charge in [0.25, 0.3) is 5.91 Å². The molecule has 4 amide bonds. The van der Waals surface area contributed by atoms with E-state index in [1.165, 1.54) is 4.90 Å². The highest BCUT2D eigenvalue weighted by Gasteiger charge is 2.46. The van der Waals surface area contributed by atoms with Gasteiger partial charge in [0.15, 0.2) is 0 Å². The van der Waals surface area contributed by atoms with Crippen LogP contribution in [0.15, 0.2) is 0 Å². The van der Waals surface area contributed by atoms with E-state index in [-0.39, 0.29) is 18.5 Å². The number of carbonyl (C=O) groups excluding carboxylic acids is 3. The molecular formula is C12H19FN4O3. The molecule has 2 rings (SSSR count). The summed E-state index contributed by atoms with van der Waals surface area (Å²) in [5.74, 6) is -0.792. The number of nitrogens with one attached hydrogen (secondary N) is 3. The van der Waals surface area contributed by atoms with Gasteiger partial charge in [0.05, 0.1) is 0 Å². The maximum absolute atomic E-state index is 12.9. The van der Waals surface area contributed by atoms with Gasteiger partial charge in [0.2, 0.25) is 5.91 Å². The largest absolute Gasteiger partial charge is 0.353 e. The van der Waals surface area contributed by atoms with Gasteiger partial charge in [-0.1, -0.05) is 0 Å². The van der Waals surface area contributed by atoms with E-state index in [2.05, 4.69) is 16.0 Å². The van der Waals surface area contributed by atoms with E-state index in [1.54, 1.807) is 13.8 Å². The van der Waals surface area contributed by atoms with Crippen molar-refractivity contribution in [3.63, 3.8) is 0 Å². The normalized spacial score (nSPS) is 28.6. The minimum atomic E-state index is -1.04. The molecule has 3 N–H and O–H groups in total. The van der Waals surface area contributed by atoms with Crippen molar-refractivity contribution in [1.29, 1.82) is 0 Å². The van der Waals surface area contributed by atoms with Crippen LogP contribution in [0.3, 0.4) is 0 Å². The molecule has 0 unspecified atom stereocenters. The van der Waals surface area contributed by atoms with Crippen molar-refractivity contribution in [3.8, 4) is 0 Å². The van der Waals surface area contributed by atoms with Crippen molar-refractivity contribution in [2.75, 3.05) is 19.6 Å². The van der Waals surface area contributed by atoms with Gasteiger partial charge in [0, 0.05) is 19.1 Å². The number of hydrogen-bond acceptors (Lipinski definition) is 4. The lowest BCUT2D eigenvalue weighted by Gasteiger charge is -2.27. The molecule has 0 aliphatic carbocycles. The monoisotopic (exact) mass is 286 g/mol. The number of nitrogens with zero attached hydrogens (tertiary/aromatic N) is 1. The highest BCUT2D eigenvalue weighted by Crippen LogP contribution is 2.20. The summed E-state index contributed by atoms with van der Waals surface area (Å²) in [7, 11) is 0. The molecule has 2 heterocycles. The predicted molar refractivity (Wildman–Crippen MR) is 68.6 cm³/mol. The molecule has 2 fully saturated rings. The fraction of sp³-hybridized carbons (Fsp3) is 0.750. The van der Waals surface area contributed by atoms with E-state index < -0.39 is 23.6 Å². The minimum Gasteiger partial charge on any atom is -0.353 e. The summed E-state index contributed by atoms with van der Waals surface area (Å²) in [5.41, 5.74) is -1.04. The molecule has 0 radical (unpaired) electrons. The number of hydrogen-bond donors (Lipinski definition) is 3. The van der Waals surface area contributed by atoms with Gasteiger partial charge in [-0.3, -0.25) is 14.9 Å². The maximum Gasteiger partial charge on any atom is 0.325 e. The summed E-state index contributed by atoms with van der Waals surface area (Å²) in [6.45, 7) is 3.56. The van der Waals surface area contributed by atoms with Crippen LogP contribution in [-0.4, -0.2) is 60.1 Å². The van der Waals surface area contributed by atoms with Gasteiger partial charge in [-0.25, -0.2) is 9.18 Å². The van der Waals surface area contributed by atoms with E-state index in [9.17, 15) is 18.8 Å². The Labute approximate surface area is 116 Å². The summed E-state index contributed by atoms with van der Waals surface area (Å²) in [6.07, 6.45) is -0.508. The first-order valence-electron chi connectivity index (χ1n) is 6.58. The number of amides is 4. The second kappa shape index (κ2) is 5.35. The standard InChI is InChI=1S/C12H19FN4O3/c1-12(2)10(19)16-11(20)17(12)6-9(18)15-5-8-3-7(13)4-14-8/h7-8,14H,3-6H2,1-2H3,(H,15,18)(H,16,19,20)/t7-,8-/m0/s1. The molecule has 0 aromatic heterocycles. The number of imide groups is 1. The molecule has 2 saturated heterocycles. The Morgan fingerprint density at radius 3 is 2.70 bits per heavy atom. The Morgan fingerprint density at radius 2 is 2.20 bits per heavy atom. The summed E-state index contributed by atoms with van der Waals surface area (Å²) in [6, 6.07) is -0.658. The first kappa shape index (κ1) is 14.7. The van der Waals surface area contributed by atoms with Gasteiger partial charge in [-0.15, -0.1) is 0 Å². The van der Waals surface area contributed by atoms with Crippen LogP contribution in [0, 0.1) is 0 Å². The molecule has 8 heteroatoms. The molecule has 0 saturated carbocycles. The number of carbonyl (C=O) groups is 3. The summed E-state index contributed by atoms with van der Waals surface area (Å²) in [4.78, 5) is 36.1. The average Bonchev–Trinajstić information content (AvgIpc) is 2.85. The number of alkyl halides is 1. The predicted octanol–water partition coefficient (Wildman–Crippen LogP) is -0.867. The molecule has 112 valence electrons. The molecule has 2 aliphatic heterocycles. The maximum atomic E-state index is 12.9. The van der Waals surface area contributed by atoms with E-state index in [0.29, 0.717) is 19.5 Å². The van der Waals surface area contributed by atoms with Crippen LogP contribution in [0.1, 0.15) is 20.3 Å². The van der Waals surface area contributed by atoms with Crippen molar-refractivity contribution in [1.82, 2.24) is 20.9 Å². The van der Waals surface area contributed by atoms with Crippen LogP contribution in [0.25, 0.3) is 0 Å². The molecule has 0 aromatic rings. The number of rotatable bonds is 4. The molecule has 0 spiro atoms. The van der Waals surface area contributed by atoms with Crippen LogP contribution >= 0.6 is 0 Å². The first-order valence-corrected chi connectivity index (χ1v) is 6.58. The fourth-order valence-electron chi connectivity index (χ4n) is 2.33. The third-order valence-corrected chi connectivity index (χ3v) is 3.71. The van der Waals surface area contributed by atoms with Gasteiger partial charge in [-0.05, 0) is 20.3 Å². The smallest absolute Gasteiger partial charge is 0.325 e. The molecule has 20 heavy (non-hydrogen) atoms. The van der Waals surface area contributed by atoms with Crippen LogP contribution in [-0.2, 0) is 9.59 Å². The van der Waals surface area contributed by atoms with Crippen LogP contribution < -0.4 is 16.0 Å². The Balaban J connectivity index is 1.82. The van der Waals surface area contributed by atoms with Crippen molar-refractivity contribution in [3.05, 3.63) is 0 Å². The first-order chi connectivity index (χ1) is 9.30. The lowest BCUT2D eigenvalue weighted by atomic mass is 10.0. The zero-order valence-corrected chi connectivity index (χ0v) is 11.5. The topological polar surface area (TPSA) is 90.5 Å². The lowest BCUT2D eigenvalue weighted by molar-refractivity contribution is -0.127. The number of urea groups is 1. The Kier molecular flexibility index (Phi) is 3.94. The highest BCUT2D eigenvalue weighted by molar-refractivity contribution is 6.07. The Hall–Kier alpha value is -1.70. The third-order valence-electron chi connectivity index (χ3n) is 3.71. The third kappa shape index (κ3) is 2.90. The summed E-state index contributed by atoms with van der Waals surface area (Å²) >= 11 is 0. The van der Waals surface area contributed by atoms with Gasteiger partial charge in [0.1, 0.15) is 18.3 Å². The zero-order valence-electron chi connectivity index (χ0n) is 11.5. The highest BCUT2D eigenvalue weighted by atomic mass is 19.1. The fourth-order valence-corrected chi connectivity index (χ4v) is 2.33. The second-order valence-electron chi connectivity index (χ2n) is 5.65. The second-order valence-corrected chi connectivity index (χ2v) is 5.65. The van der Waals surface area contributed by atoms with Crippen molar-refractivity contribution in [2.24, 2.45) is 0 Å². The molecular weight excluding hydrogens is 267 g/mol. The molecule has 2 aliphatic rings. The van der Waals surface area contributed by atoms with Crippen molar-refractivity contribution in [2.45, 2.75) is 38.0 Å². The summed E-state index contributed by atoms with van der Waals surface area (Å²) < 4.78 is 12.9. The molecule has 2 atom stereocenters. The average molecular weight is 286 g/mol. The van der Waals surface area contributed by atoms with Gasteiger partial charge >= 0.3 is 6.03 Å².